The van der Waals surface area contributed by atoms with E-state index < -0.39 is 46.9 Å². The topological polar surface area (TPSA) is 29.1 Å². The number of alkyl halides is 11. The Morgan fingerprint density at radius 1 is 0.655 bits per heavy atom. The van der Waals surface area contributed by atoms with E-state index in [-0.39, 0.29) is 11.1 Å². The minimum atomic E-state index is -7.36. The highest BCUT2D eigenvalue weighted by Crippen LogP contribution is 2.69. The van der Waals surface area contributed by atoms with Crippen LogP contribution in [-0.2, 0) is 4.79 Å². The summed E-state index contributed by atoms with van der Waals surface area (Å²) in [5.74, 6) is -39.7. The first-order chi connectivity index (χ1) is 12.7. The molecule has 0 aliphatic heterocycles. The number of carbonyl (C=O) groups is 1. The predicted molar refractivity (Wildman–Crippen MR) is 77.9 cm³/mol. The van der Waals surface area contributed by atoms with Crippen LogP contribution < -0.4 is 5.32 Å². The van der Waals surface area contributed by atoms with E-state index in [1.54, 1.807) is 0 Å². The van der Waals surface area contributed by atoms with E-state index in [1.807, 2.05) is 0 Å². The second-order valence-electron chi connectivity index (χ2n) is 6.76. The van der Waals surface area contributed by atoms with Crippen molar-refractivity contribution in [3.63, 3.8) is 0 Å². The third kappa shape index (κ3) is 2.44. The van der Waals surface area contributed by atoms with Crippen molar-refractivity contribution in [1.82, 2.24) is 0 Å². The summed E-state index contributed by atoms with van der Waals surface area (Å²) in [4.78, 5) is 11.9. The van der Waals surface area contributed by atoms with Crippen molar-refractivity contribution in [2.75, 3.05) is 5.32 Å². The van der Waals surface area contributed by atoms with Crippen LogP contribution in [0.25, 0.3) is 0 Å². The summed E-state index contributed by atoms with van der Waals surface area (Å²) >= 11 is 0. The SMILES string of the molecule is Cc1cc(C)c(NC(=O)C2(F)C(F)(F)C(F)(F)C(F)(F)C(F)(F)C2(F)F)c(C)c1. The van der Waals surface area contributed by atoms with Crippen molar-refractivity contribution >= 4 is 11.6 Å². The zero-order valence-corrected chi connectivity index (χ0v) is 14.7. The second kappa shape index (κ2) is 5.97. The fourth-order valence-corrected chi connectivity index (χ4v) is 3.08. The maximum absolute atomic E-state index is 14.7. The Morgan fingerprint density at radius 3 is 1.31 bits per heavy atom. The smallest absolute Gasteiger partial charge is 0.322 e. The van der Waals surface area contributed by atoms with Gasteiger partial charge in [0.05, 0.1) is 0 Å². The number of benzene rings is 1. The molecule has 0 atom stereocenters. The molecular formula is C16H12F11NO. The Labute approximate surface area is 156 Å². The molecule has 13 heteroatoms. The van der Waals surface area contributed by atoms with Crippen LogP contribution in [0.1, 0.15) is 16.7 Å². The van der Waals surface area contributed by atoms with Gasteiger partial charge in [-0.25, -0.2) is 4.39 Å². The monoisotopic (exact) mass is 443 g/mol. The van der Waals surface area contributed by atoms with Crippen molar-refractivity contribution < 1.29 is 53.1 Å². The van der Waals surface area contributed by atoms with Crippen molar-refractivity contribution in [3.8, 4) is 0 Å². The lowest BCUT2D eigenvalue weighted by atomic mass is 9.71. The zero-order chi connectivity index (χ0) is 23.0. The van der Waals surface area contributed by atoms with Crippen molar-refractivity contribution in [2.45, 2.75) is 56.1 Å². The maximum atomic E-state index is 14.7. The quantitative estimate of drug-likeness (QED) is 0.606. The minimum absolute atomic E-state index is 0.0502. The Hall–Kier alpha value is -2.08. The van der Waals surface area contributed by atoms with Gasteiger partial charge in [0.15, 0.2) is 0 Å². The average Bonchev–Trinajstić information content (AvgIpc) is 2.55. The molecule has 1 fully saturated rings. The van der Waals surface area contributed by atoms with E-state index >= 15 is 0 Å². The Morgan fingerprint density at radius 2 is 0.966 bits per heavy atom. The van der Waals surface area contributed by atoms with Crippen molar-refractivity contribution in [3.05, 3.63) is 28.8 Å². The minimum Gasteiger partial charge on any atom is -0.322 e. The number of anilines is 1. The van der Waals surface area contributed by atoms with Crippen LogP contribution in [0.5, 0.6) is 0 Å². The molecule has 2 nitrogen and oxygen atoms in total. The molecule has 1 aromatic rings. The van der Waals surface area contributed by atoms with Gasteiger partial charge < -0.3 is 5.32 Å². The number of hydrogen-bond donors (Lipinski definition) is 1. The highest BCUT2D eigenvalue weighted by atomic mass is 19.4. The van der Waals surface area contributed by atoms with Gasteiger partial charge in [0.2, 0.25) is 0 Å². The number of amides is 1. The second-order valence-corrected chi connectivity index (χ2v) is 6.76. The number of nitrogens with one attached hydrogen (secondary N) is 1. The predicted octanol–water partition coefficient (Wildman–Crippen LogP) is 5.45. The Bertz CT molecular complexity index is 809. The van der Waals surface area contributed by atoms with E-state index in [0.717, 1.165) is 5.32 Å². The molecule has 1 saturated carbocycles. The van der Waals surface area contributed by atoms with E-state index in [4.69, 9.17) is 0 Å². The van der Waals surface area contributed by atoms with Crippen molar-refractivity contribution in [1.29, 1.82) is 0 Å². The molecular weight excluding hydrogens is 431 g/mol. The van der Waals surface area contributed by atoms with Crippen LogP contribution in [0.15, 0.2) is 12.1 Å². The molecule has 0 saturated heterocycles. The highest BCUT2D eigenvalue weighted by molar-refractivity contribution is 6.00. The summed E-state index contributed by atoms with van der Waals surface area (Å²) in [5, 5.41) is 1.14. The molecule has 0 unspecified atom stereocenters. The van der Waals surface area contributed by atoms with Gasteiger partial charge in [0.25, 0.3) is 5.91 Å². The molecule has 0 bridgehead atoms. The van der Waals surface area contributed by atoms with Gasteiger partial charge >= 0.3 is 35.3 Å². The maximum Gasteiger partial charge on any atom is 0.384 e. The van der Waals surface area contributed by atoms with Gasteiger partial charge in [0, 0.05) is 5.69 Å². The number of halogens is 11. The van der Waals surface area contributed by atoms with Gasteiger partial charge in [-0.3, -0.25) is 4.79 Å². The fraction of sp³-hybridized carbons (Fsp3) is 0.562. The molecule has 1 N–H and O–H groups in total. The summed E-state index contributed by atoms with van der Waals surface area (Å²) in [6, 6.07) is 2.48. The van der Waals surface area contributed by atoms with E-state index in [2.05, 4.69) is 0 Å². The molecule has 1 aliphatic rings. The first kappa shape index (κ1) is 23.2. The average molecular weight is 443 g/mol. The molecule has 2 rings (SSSR count). The lowest BCUT2D eigenvalue weighted by molar-refractivity contribution is -0.475. The van der Waals surface area contributed by atoms with Gasteiger partial charge in [-0.2, -0.15) is 43.9 Å². The van der Waals surface area contributed by atoms with Gasteiger partial charge in [-0.15, -0.1) is 0 Å². The lowest BCUT2D eigenvalue weighted by Gasteiger charge is -2.51. The standard InChI is InChI=1S/C16H12F11NO/c1-6-4-7(2)9(8(3)5-6)28-10(29)11(17)12(18,19)14(22,23)16(26,27)15(24,25)13(11,20)21/h4-5H,1-3H3,(H,28,29). The number of carbonyl (C=O) groups excluding carboxylic acids is 1. The van der Waals surface area contributed by atoms with Gasteiger partial charge in [-0.05, 0) is 31.9 Å². The molecule has 0 heterocycles. The molecule has 0 spiro atoms. The van der Waals surface area contributed by atoms with E-state index in [1.165, 1.54) is 32.9 Å². The van der Waals surface area contributed by atoms with Crippen LogP contribution in [0.2, 0.25) is 0 Å². The highest BCUT2D eigenvalue weighted by Gasteiger charge is 3.02. The lowest BCUT2D eigenvalue weighted by Crippen LogP contribution is -2.86. The molecule has 0 radical (unpaired) electrons. The number of rotatable bonds is 2. The van der Waals surface area contributed by atoms with Gasteiger partial charge in [-0.1, -0.05) is 17.7 Å². The van der Waals surface area contributed by atoms with Crippen LogP contribution in [-0.4, -0.2) is 41.2 Å². The third-order valence-corrected chi connectivity index (χ3v) is 4.67. The molecule has 1 aliphatic carbocycles. The first-order valence-electron chi connectivity index (χ1n) is 7.69. The third-order valence-electron chi connectivity index (χ3n) is 4.67. The Kier molecular flexibility index (Phi) is 4.78. The molecule has 1 aromatic carbocycles. The fourth-order valence-electron chi connectivity index (χ4n) is 3.08. The molecule has 0 aromatic heterocycles. The van der Waals surface area contributed by atoms with Crippen LogP contribution in [0, 0.1) is 20.8 Å². The van der Waals surface area contributed by atoms with Crippen LogP contribution >= 0.6 is 0 Å². The zero-order valence-electron chi connectivity index (χ0n) is 14.7. The van der Waals surface area contributed by atoms with Gasteiger partial charge in [0.1, 0.15) is 0 Å². The summed E-state index contributed by atoms with van der Waals surface area (Å²) < 4.78 is 151. The van der Waals surface area contributed by atoms with E-state index in [9.17, 15) is 53.1 Å². The number of aryl methyl sites for hydroxylation is 3. The van der Waals surface area contributed by atoms with Crippen LogP contribution in [0.3, 0.4) is 0 Å². The number of hydrogen-bond acceptors (Lipinski definition) is 1. The largest absolute Gasteiger partial charge is 0.384 e. The van der Waals surface area contributed by atoms with E-state index in [0.29, 0.717) is 5.56 Å². The summed E-state index contributed by atoms with van der Waals surface area (Å²) in [6.45, 7) is 3.86. The summed E-state index contributed by atoms with van der Waals surface area (Å²) in [7, 11) is 0. The summed E-state index contributed by atoms with van der Waals surface area (Å²) in [6.07, 6.45) is 0. The normalized spacial score (nSPS) is 25.3. The molecule has 164 valence electrons. The molecule has 29 heavy (non-hydrogen) atoms. The van der Waals surface area contributed by atoms with Crippen LogP contribution in [0.4, 0.5) is 54.0 Å². The first-order valence-corrected chi connectivity index (χ1v) is 7.69. The van der Waals surface area contributed by atoms with Crippen molar-refractivity contribution in [2.24, 2.45) is 0 Å². The molecule has 1 amide bonds. The summed E-state index contributed by atoms with van der Waals surface area (Å²) in [5.41, 5.74) is -6.93. The Balaban J connectivity index is 2.73.